The summed E-state index contributed by atoms with van der Waals surface area (Å²) in [5, 5.41) is 12.7. The Bertz CT molecular complexity index is 199. The Morgan fingerprint density at radius 3 is 2.47 bits per heavy atom. The summed E-state index contributed by atoms with van der Waals surface area (Å²) >= 11 is 0. The van der Waals surface area contributed by atoms with Gasteiger partial charge in [-0.3, -0.25) is 4.79 Å². The van der Waals surface area contributed by atoms with E-state index in [1.54, 1.807) is 25.8 Å². The number of nitrogens with zero attached hydrogens (tertiary/aromatic N) is 1. The van der Waals surface area contributed by atoms with Crippen LogP contribution in [0.5, 0.6) is 0 Å². The maximum absolute atomic E-state index is 11.6. The fraction of sp³-hybridized carbons (Fsp3) is 0.909. The number of carbonyl (C=O) groups excluding carboxylic acids is 1. The van der Waals surface area contributed by atoms with Crippen molar-refractivity contribution in [1.29, 1.82) is 0 Å². The molecule has 0 saturated heterocycles. The smallest absolute Gasteiger partial charge is 0.236 e. The number of hydrogen-bond donors (Lipinski definition) is 2. The van der Waals surface area contributed by atoms with E-state index < -0.39 is 5.60 Å². The van der Waals surface area contributed by atoms with Crippen molar-refractivity contribution in [1.82, 2.24) is 10.2 Å². The molecule has 1 amide bonds. The van der Waals surface area contributed by atoms with Crippen molar-refractivity contribution < 1.29 is 9.90 Å². The van der Waals surface area contributed by atoms with Crippen LogP contribution in [0.4, 0.5) is 0 Å². The molecule has 0 aliphatic heterocycles. The molecule has 0 heterocycles. The van der Waals surface area contributed by atoms with Crippen molar-refractivity contribution in [3.8, 4) is 0 Å². The lowest BCUT2D eigenvalue weighted by atomic mass is 10.1. The van der Waals surface area contributed by atoms with Crippen molar-refractivity contribution in [3.63, 3.8) is 0 Å². The van der Waals surface area contributed by atoms with Crippen LogP contribution in [0, 0.1) is 0 Å². The minimum Gasteiger partial charge on any atom is -0.389 e. The maximum atomic E-state index is 11.6. The first-order chi connectivity index (χ1) is 6.76. The van der Waals surface area contributed by atoms with Gasteiger partial charge < -0.3 is 15.3 Å². The van der Waals surface area contributed by atoms with Gasteiger partial charge in [-0.1, -0.05) is 6.92 Å². The van der Waals surface area contributed by atoms with Crippen LogP contribution in [0.1, 0.15) is 34.1 Å². The Balaban J connectivity index is 3.90. The molecule has 90 valence electrons. The van der Waals surface area contributed by atoms with E-state index in [0.29, 0.717) is 19.1 Å². The van der Waals surface area contributed by atoms with Crippen LogP contribution < -0.4 is 5.32 Å². The lowest BCUT2D eigenvalue weighted by Gasteiger charge is -2.26. The van der Waals surface area contributed by atoms with E-state index in [1.165, 1.54) is 0 Å². The summed E-state index contributed by atoms with van der Waals surface area (Å²) < 4.78 is 0. The third-order valence-electron chi connectivity index (χ3n) is 2.26. The standard InChI is InChI=1S/C11H24N2O2/c1-6-9(2)12-7-10(14)13(5)8-11(3,4)15/h9,12,15H,6-8H2,1-5H3. The molecule has 0 spiro atoms. The SMILES string of the molecule is CCC(C)NCC(=O)N(C)CC(C)(C)O. The molecule has 0 radical (unpaired) electrons. The zero-order valence-electron chi connectivity index (χ0n) is 10.5. The highest BCUT2D eigenvalue weighted by Crippen LogP contribution is 2.02. The number of hydrogen-bond acceptors (Lipinski definition) is 3. The molecule has 0 aliphatic carbocycles. The third-order valence-corrected chi connectivity index (χ3v) is 2.26. The first-order valence-corrected chi connectivity index (χ1v) is 5.46. The quantitative estimate of drug-likeness (QED) is 0.684. The lowest BCUT2D eigenvalue weighted by Crippen LogP contribution is -2.44. The van der Waals surface area contributed by atoms with Crippen molar-refractivity contribution in [2.45, 2.75) is 45.8 Å². The number of nitrogens with one attached hydrogen (secondary N) is 1. The summed E-state index contributed by atoms with van der Waals surface area (Å²) in [6.07, 6.45) is 1.00. The lowest BCUT2D eigenvalue weighted by molar-refractivity contribution is -0.131. The molecular weight excluding hydrogens is 192 g/mol. The normalized spacial score (nSPS) is 13.7. The monoisotopic (exact) mass is 216 g/mol. The number of likely N-dealkylation sites (N-methyl/N-ethyl adjacent to an activating group) is 1. The fourth-order valence-corrected chi connectivity index (χ4v) is 1.21. The summed E-state index contributed by atoms with van der Waals surface area (Å²) in [4.78, 5) is 13.1. The van der Waals surface area contributed by atoms with Crippen LogP contribution in [-0.2, 0) is 4.79 Å². The topological polar surface area (TPSA) is 52.6 Å². The average molecular weight is 216 g/mol. The molecule has 1 unspecified atom stereocenters. The summed E-state index contributed by atoms with van der Waals surface area (Å²) in [6, 6.07) is 0.351. The molecule has 4 nitrogen and oxygen atoms in total. The Hall–Kier alpha value is -0.610. The van der Waals surface area contributed by atoms with Gasteiger partial charge in [0.2, 0.25) is 5.91 Å². The van der Waals surface area contributed by atoms with Gasteiger partial charge in [0.15, 0.2) is 0 Å². The Kier molecular flexibility index (Phi) is 5.83. The first kappa shape index (κ1) is 14.4. The Morgan fingerprint density at radius 1 is 1.53 bits per heavy atom. The average Bonchev–Trinajstić information content (AvgIpc) is 2.10. The third kappa shape index (κ3) is 7.33. The van der Waals surface area contributed by atoms with E-state index in [4.69, 9.17) is 0 Å². The highest BCUT2D eigenvalue weighted by molar-refractivity contribution is 5.78. The molecule has 2 N–H and O–H groups in total. The van der Waals surface area contributed by atoms with Crippen LogP contribution in [0.25, 0.3) is 0 Å². The highest BCUT2D eigenvalue weighted by atomic mass is 16.3. The van der Waals surface area contributed by atoms with Gasteiger partial charge in [0.1, 0.15) is 0 Å². The van der Waals surface area contributed by atoms with Crippen molar-refractivity contribution in [2.24, 2.45) is 0 Å². The number of amides is 1. The molecule has 15 heavy (non-hydrogen) atoms. The van der Waals surface area contributed by atoms with E-state index in [1.807, 2.05) is 6.92 Å². The van der Waals surface area contributed by atoms with Crippen LogP contribution in [-0.4, -0.2) is 47.7 Å². The van der Waals surface area contributed by atoms with Gasteiger partial charge in [-0.05, 0) is 27.2 Å². The maximum Gasteiger partial charge on any atom is 0.236 e. The minimum absolute atomic E-state index is 0.0115. The predicted octanol–water partition coefficient (Wildman–Crippen LogP) is 0.604. The van der Waals surface area contributed by atoms with Crippen molar-refractivity contribution in [2.75, 3.05) is 20.1 Å². The zero-order chi connectivity index (χ0) is 12.1. The number of aliphatic hydroxyl groups is 1. The van der Waals surface area contributed by atoms with Crippen LogP contribution in [0.3, 0.4) is 0 Å². The van der Waals surface area contributed by atoms with Gasteiger partial charge in [-0.25, -0.2) is 0 Å². The van der Waals surface area contributed by atoms with E-state index >= 15 is 0 Å². The molecular formula is C11H24N2O2. The van der Waals surface area contributed by atoms with E-state index in [2.05, 4.69) is 12.2 Å². The molecule has 0 saturated carbocycles. The minimum atomic E-state index is -0.833. The second-order valence-electron chi connectivity index (χ2n) is 4.75. The van der Waals surface area contributed by atoms with E-state index in [-0.39, 0.29) is 5.91 Å². The number of carbonyl (C=O) groups is 1. The summed E-state index contributed by atoms with van der Waals surface area (Å²) in [7, 11) is 1.71. The fourth-order valence-electron chi connectivity index (χ4n) is 1.21. The van der Waals surface area contributed by atoms with Crippen molar-refractivity contribution in [3.05, 3.63) is 0 Å². The highest BCUT2D eigenvalue weighted by Gasteiger charge is 2.19. The van der Waals surface area contributed by atoms with E-state index in [9.17, 15) is 9.90 Å². The van der Waals surface area contributed by atoms with Gasteiger partial charge in [0.25, 0.3) is 0 Å². The number of rotatable bonds is 6. The molecule has 0 bridgehead atoms. The van der Waals surface area contributed by atoms with Gasteiger partial charge in [-0.15, -0.1) is 0 Å². The van der Waals surface area contributed by atoms with E-state index in [0.717, 1.165) is 6.42 Å². The largest absolute Gasteiger partial charge is 0.389 e. The van der Waals surface area contributed by atoms with Gasteiger partial charge in [0.05, 0.1) is 12.1 Å². The first-order valence-electron chi connectivity index (χ1n) is 5.46. The molecule has 0 rings (SSSR count). The molecule has 4 heteroatoms. The summed E-state index contributed by atoms with van der Waals surface area (Å²) in [5.74, 6) is 0.0115. The molecule has 1 atom stereocenters. The molecule has 0 aromatic heterocycles. The second-order valence-corrected chi connectivity index (χ2v) is 4.75. The van der Waals surface area contributed by atoms with Gasteiger partial charge in [0, 0.05) is 19.6 Å². The molecule has 0 aliphatic rings. The van der Waals surface area contributed by atoms with Gasteiger partial charge in [-0.2, -0.15) is 0 Å². The summed E-state index contributed by atoms with van der Waals surface area (Å²) in [5.41, 5.74) is -0.833. The Morgan fingerprint density at radius 2 is 2.07 bits per heavy atom. The van der Waals surface area contributed by atoms with Crippen molar-refractivity contribution >= 4 is 5.91 Å². The molecule has 0 aromatic carbocycles. The molecule has 0 fully saturated rings. The van der Waals surface area contributed by atoms with Crippen LogP contribution >= 0.6 is 0 Å². The summed E-state index contributed by atoms with van der Waals surface area (Å²) in [6.45, 7) is 8.19. The predicted molar refractivity (Wildman–Crippen MR) is 61.7 cm³/mol. The Labute approximate surface area is 92.7 Å². The molecule has 0 aromatic rings. The van der Waals surface area contributed by atoms with Crippen LogP contribution in [0.15, 0.2) is 0 Å². The zero-order valence-corrected chi connectivity index (χ0v) is 10.5. The van der Waals surface area contributed by atoms with Crippen LogP contribution in [0.2, 0.25) is 0 Å². The van der Waals surface area contributed by atoms with Gasteiger partial charge >= 0.3 is 0 Å². The second kappa shape index (κ2) is 6.08.